The number of carbonyl (C=O) groups is 1. The molecule has 22 heavy (non-hydrogen) atoms. The smallest absolute Gasteiger partial charge is 0.312 e. The number of esters is 1. The van der Waals surface area contributed by atoms with Gasteiger partial charge in [0.25, 0.3) is 0 Å². The maximum absolute atomic E-state index is 12.7. The minimum Gasteiger partial charge on any atom is -0.460 e. The lowest BCUT2D eigenvalue weighted by atomic mass is 9.79. The summed E-state index contributed by atoms with van der Waals surface area (Å²) in [6, 6.07) is 7.95. The molecule has 0 amide bonds. The molecule has 1 aliphatic carbocycles. The van der Waals surface area contributed by atoms with Crippen molar-refractivity contribution in [3.05, 3.63) is 42.0 Å². The Balaban J connectivity index is 2.02. The van der Waals surface area contributed by atoms with E-state index in [1.165, 1.54) is 0 Å². The number of hydrogen-bond donors (Lipinski definition) is 0. The Bertz CT molecular complexity index is 560. The Labute approximate surface area is 134 Å². The highest BCUT2D eigenvalue weighted by molar-refractivity contribution is 5.81. The maximum atomic E-state index is 12.7. The molecule has 0 N–H and O–H groups in total. The number of hydrogen-bond acceptors (Lipinski definition) is 2. The molecule has 2 rings (SSSR count). The molecule has 0 spiro atoms. The lowest BCUT2D eigenvalue weighted by molar-refractivity contribution is -0.154. The zero-order chi connectivity index (χ0) is 16.6. The number of rotatable bonds is 5. The second kappa shape index (κ2) is 5.57. The molecule has 1 atom stereocenters. The fourth-order valence-electron chi connectivity index (χ4n) is 3.37. The zero-order valence-corrected chi connectivity index (χ0v) is 14.5. The molecule has 0 bridgehead atoms. The molecule has 1 fully saturated rings. The Morgan fingerprint density at radius 2 is 1.82 bits per heavy atom. The monoisotopic (exact) mass is 300 g/mol. The summed E-state index contributed by atoms with van der Waals surface area (Å²) in [5, 5.41) is 0. The molecule has 2 nitrogen and oxygen atoms in total. The molecule has 120 valence electrons. The largest absolute Gasteiger partial charge is 0.460 e. The Morgan fingerprint density at radius 3 is 2.23 bits per heavy atom. The average molecular weight is 300 g/mol. The second-order valence-electron chi connectivity index (χ2n) is 8.40. The zero-order valence-electron chi connectivity index (χ0n) is 14.5. The molecule has 1 saturated carbocycles. The van der Waals surface area contributed by atoms with Crippen molar-refractivity contribution in [2.24, 2.45) is 16.2 Å². The van der Waals surface area contributed by atoms with Gasteiger partial charge in [-0.05, 0) is 34.8 Å². The summed E-state index contributed by atoms with van der Waals surface area (Å²) in [7, 11) is 0. The molecule has 0 heterocycles. The van der Waals surface area contributed by atoms with Crippen molar-refractivity contribution in [3.63, 3.8) is 0 Å². The third-order valence-corrected chi connectivity index (χ3v) is 4.72. The fourth-order valence-corrected chi connectivity index (χ4v) is 3.37. The van der Waals surface area contributed by atoms with Gasteiger partial charge < -0.3 is 4.74 Å². The van der Waals surface area contributed by atoms with E-state index in [0.717, 1.165) is 24.0 Å². The van der Waals surface area contributed by atoms with Crippen LogP contribution in [0.15, 0.2) is 30.8 Å². The Kier molecular flexibility index (Phi) is 4.25. The van der Waals surface area contributed by atoms with Crippen LogP contribution in [-0.4, -0.2) is 5.97 Å². The normalized spacial score (nSPS) is 23.0. The van der Waals surface area contributed by atoms with E-state index in [-0.39, 0.29) is 22.2 Å². The predicted molar refractivity (Wildman–Crippen MR) is 91.2 cm³/mol. The van der Waals surface area contributed by atoms with Gasteiger partial charge in [0.2, 0.25) is 0 Å². The highest BCUT2D eigenvalue weighted by atomic mass is 16.5. The van der Waals surface area contributed by atoms with Gasteiger partial charge in [0.1, 0.15) is 6.61 Å². The molecule has 1 aromatic rings. The standard InChI is InChI=1S/C20H28O2/c1-7-15-8-10-16(11-9-15)12-22-17(21)20(13-18(2,3)4)14-19(20,5)6/h7-11H,1,12-14H2,2-6H3. The molecule has 1 aliphatic rings. The van der Waals surface area contributed by atoms with Gasteiger partial charge in [0.15, 0.2) is 0 Å². The van der Waals surface area contributed by atoms with E-state index in [0.29, 0.717) is 6.61 Å². The van der Waals surface area contributed by atoms with E-state index in [1.807, 2.05) is 24.3 Å². The van der Waals surface area contributed by atoms with Crippen molar-refractivity contribution in [1.29, 1.82) is 0 Å². The topological polar surface area (TPSA) is 26.3 Å². The average Bonchev–Trinajstić information content (AvgIpc) is 2.96. The highest BCUT2D eigenvalue weighted by Crippen LogP contribution is 2.68. The minimum absolute atomic E-state index is 0.0415. The van der Waals surface area contributed by atoms with Crippen molar-refractivity contribution < 1.29 is 9.53 Å². The predicted octanol–water partition coefficient (Wildman–Crippen LogP) is 5.23. The van der Waals surface area contributed by atoms with E-state index in [9.17, 15) is 4.79 Å². The van der Waals surface area contributed by atoms with Gasteiger partial charge in [-0.25, -0.2) is 0 Å². The third kappa shape index (κ3) is 3.43. The quantitative estimate of drug-likeness (QED) is 0.696. The van der Waals surface area contributed by atoms with Gasteiger partial charge in [0, 0.05) is 0 Å². The van der Waals surface area contributed by atoms with Crippen LogP contribution in [0.2, 0.25) is 0 Å². The van der Waals surface area contributed by atoms with Crippen LogP contribution in [0.3, 0.4) is 0 Å². The Morgan fingerprint density at radius 1 is 1.27 bits per heavy atom. The molecule has 0 saturated heterocycles. The van der Waals surface area contributed by atoms with Crippen LogP contribution in [0.25, 0.3) is 6.08 Å². The molecule has 0 aliphatic heterocycles. The number of ether oxygens (including phenoxy) is 1. The summed E-state index contributed by atoms with van der Waals surface area (Å²) in [4.78, 5) is 12.7. The number of benzene rings is 1. The van der Waals surface area contributed by atoms with Crippen molar-refractivity contribution in [2.45, 2.75) is 54.1 Å². The third-order valence-electron chi connectivity index (χ3n) is 4.72. The highest BCUT2D eigenvalue weighted by Gasteiger charge is 2.67. The summed E-state index contributed by atoms with van der Waals surface area (Å²) in [6.45, 7) is 15.0. The van der Waals surface area contributed by atoms with Crippen LogP contribution in [0, 0.1) is 16.2 Å². The van der Waals surface area contributed by atoms with E-state index in [1.54, 1.807) is 6.08 Å². The van der Waals surface area contributed by atoms with E-state index in [4.69, 9.17) is 4.74 Å². The molecular formula is C20H28O2. The summed E-state index contributed by atoms with van der Waals surface area (Å²) >= 11 is 0. The maximum Gasteiger partial charge on any atom is 0.312 e. The summed E-state index contributed by atoms with van der Waals surface area (Å²) in [5.74, 6) is -0.0415. The van der Waals surface area contributed by atoms with Crippen molar-refractivity contribution in [2.75, 3.05) is 0 Å². The lowest BCUT2D eigenvalue weighted by Gasteiger charge is -2.27. The van der Waals surface area contributed by atoms with E-state index in [2.05, 4.69) is 41.2 Å². The molecule has 1 unspecified atom stereocenters. The summed E-state index contributed by atoms with van der Waals surface area (Å²) < 4.78 is 5.65. The Hall–Kier alpha value is -1.57. The lowest BCUT2D eigenvalue weighted by Crippen LogP contribution is -2.28. The molecule has 0 radical (unpaired) electrons. The molecular weight excluding hydrogens is 272 g/mol. The van der Waals surface area contributed by atoms with Crippen molar-refractivity contribution >= 4 is 12.0 Å². The first-order valence-corrected chi connectivity index (χ1v) is 7.98. The van der Waals surface area contributed by atoms with Crippen LogP contribution in [0.1, 0.15) is 58.6 Å². The van der Waals surface area contributed by atoms with Crippen LogP contribution in [0.4, 0.5) is 0 Å². The van der Waals surface area contributed by atoms with Gasteiger partial charge in [-0.1, -0.05) is 71.5 Å². The molecule has 2 heteroatoms. The first-order valence-electron chi connectivity index (χ1n) is 7.98. The SMILES string of the molecule is C=Cc1ccc(COC(=O)C2(CC(C)(C)C)CC2(C)C)cc1. The second-order valence-corrected chi connectivity index (χ2v) is 8.40. The van der Waals surface area contributed by atoms with E-state index < -0.39 is 0 Å². The number of carbonyl (C=O) groups excluding carboxylic acids is 1. The van der Waals surface area contributed by atoms with Crippen LogP contribution in [0.5, 0.6) is 0 Å². The fraction of sp³-hybridized carbons (Fsp3) is 0.550. The van der Waals surface area contributed by atoms with Gasteiger partial charge in [-0.15, -0.1) is 0 Å². The van der Waals surface area contributed by atoms with Crippen molar-refractivity contribution in [1.82, 2.24) is 0 Å². The minimum atomic E-state index is -0.313. The van der Waals surface area contributed by atoms with Crippen LogP contribution >= 0.6 is 0 Å². The van der Waals surface area contributed by atoms with E-state index >= 15 is 0 Å². The van der Waals surface area contributed by atoms with Crippen molar-refractivity contribution in [3.8, 4) is 0 Å². The first kappa shape index (κ1) is 16.8. The van der Waals surface area contributed by atoms with Crippen LogP contribution < -0.4 is 0 Å². The van der Waals surface area contributed by atoms with Gasteiger partial charge in [0.05, 0.1) is 5.41 Å². The summed E-state index contributed by atoms with van der Waals surface area (Å²) in [6.07, 6.45) is 3.60. The van der Waals surface area contributed by atoms with Gasteiger partial charge >= 0.3 is 5.97 Å². The van der Waals surface area contributed by atoms with Gasteiger partial charge in [-0.3, -0.25) is 4.79 Å². The van der Waals surface area contributed by atoms with Gasteiger partial charge in [-0.2, -0.15) is 0 Å². The van der Waals surface area contributed by atoms with Crippen LogP contribution in [-0.2, 0) is 16.1 Å². The summed E-state index contributed by atoms with van der Waals surface area (Å²) in [5.41, 5.74) is 1.94. The molecule has 1 aromatic carbocycles. The first-order chi connectivity index (χ1) is 10.1. The molecule has 0 aromatic heterocycles.